The molecule has 2 atom stereocenters. The molecule has 2 N–H and O–H groups in total. The smallest absolute Gasteiger partial charge is 0.126 e. The van der Waals surface area contributed by atoms with Crippen LogP contribution in [0.1, 0.15) is 42.7 Å². The highest BCUT2D eigenvalue weighted by Gasteiger charge is 2.23. The van der Waals surface area contributed by atoms with E-state index in [0.29, 0.717) is 16.6 Å². The van der Waals surface area contributed by atoms with Crippen molar-refractivity contribution in [2.75, 3.05) is 5.73 Å². The molecule has 1 aliphatic carbocycles. The molecule has 2 nitrogen and oxygen atoms in total. The molecule has 0 radical (unpaired) electrons. The second-order valence-corrected chi connectivity index (χ2v) is 5.74. The predicted octanol–water partition coefficient (Wildman–Crippen LogP) is 3.39. The van der Waals surface area contributed by atoms with Crippen LogP contribution < -0.4 is 5.73 Å². The number of aromatic nitrogens is 1. The van der Waals surface area contributed by atoms with Crippen LogP contribution in [0.5, 0.6) is 0 Å². The summed E-state index contributed by atoms with van der Waals surface area (Å²) < 4.78 is 0. The molecule has 0 aliphatic heterocycles. The number of halogens is 1. The molecule has 2 rings (SSSR count). The number of hydrogen-bond donors (Lipinski definition) is 1. The molecule has 0 aromatic carbocycles. The minimum atomic E-state index is 0.593. The maximum Gasteiger partial charge on any atom is 0.126 e. The van der Waals surface area contributed by atoms with Gasteiger partial charge in [0.05, 0.1) is 0 Å². The Morgan fingerprint density at radius 2 is 2.27 bits per heavy atom. The SMILES string of the molecule is Cc1cnc(N)c(C2CCCC(Br)C2)c1. The van der Waals surface area contributed by atoms with Gasteiger partial charge in [-0.1, -0.05) is 28.4 Å². The number of aryl methyl sites for hydroxylation is 1. The van der Waals surface area contributed by atoms with Crippen LogP contribution in [0.25, 0.3) is 0 Å². The maximum atomic E-state index is 5.94. The van der Waals surface area contributed by atoms with E-state index in [4.69, 9.17) is 5.73 Å². The average Bonchev–Trinajstić information content (AvgIpc) is 2.22. The van der Waals surface area contributed by atoms with Gasteiger partial charge in [0.2, 0.25) is 0 Å². The molecule has 1 fully saturated rings. The van der Waals surface area contributed by atoms with Gasteiger partial charge in [-0.25, -0.2) is 4.98 Å². The molecule has 1 aliphatic rings. The van der Waals surface area contributed by atoms with E-state index in [1.54, 1.807) is 0 Å². The molecule has 0 spiro atoms. The Kier molecular flexibility index (Phi) is 3.29. The highest BCUT2D eigenvalue weighted by molar-refractivity contribution is 9.09. The third-order valence-corrected chi connectivity index (χ3v) is 3.97. The average molecular weight is 269 g/mol. The number of nitrogens with zero attached hydrogens (tertiary/aromatic N) is 1. The van der Waals surface area contributed by atoms with Gasteiger partial charge in [-0.15, -0.1) is 0 Å². The lowest BCUT2D eigenvalue weighted by Gasteiger charge is -2.26. The second-order valence-electron chi connectivity index (χ2n) is 4.45. The second kappa shape index (κ2) is 4.52. The van der Waals surface area contributed by atoms with Gasteiger partial charge in [0, 0.05) is 11.0 Å². The van der Waals surface area contributed by atoms with Crippen molar-refractivity contribution < 1.29 is 0 Å². The summed E-state index contributed by atoms with van der Waals surface area (Å²) >= 11 is 3.71. The highest BCUT2D eigenvalue weighted by atomic mass is 79.9. The molecule has 1 aromatic heterocycles. The van der Waals surface area contributed by atoms with E-state index < -0.39 is 0 Å². The van der Waals surface area contributed by atoms with E-state index in [1.807, 2.05) is 6.20 Å². The molecule has 1 aromatic rings. The van der Waals surface area contributed by atoms with Crippen LogP contribution in [-0.2, 0) is 0 Å². The normalized spacial score (nSPS) is 26.5. The van der Waals surface area contributed by atoms with E-state index in [9.17, 15) is 0 Å². The fraction of sp³-hybridized carbons (Fsp3) is 0.583. The molecular weight excluding hydrogens is 252 g/mol. The minimum Gasteiger partial charge on any atom is -0.383 e. The Labute approximate surface area is 99.4 Å². The maximum absolute atomic E-state index is 5.94. The number of nitrogen functional groups attached to an aromatic ring is 1. The van der Waals surface area contributed by atoms with Crippen LogP contribution in [0.2, 0.25) is 0 Å². The lowest BCUT2D eigenvalue weighted by molar-refractivity contribution is 0.458. The van der Waals surface area contributed by atoms with Crippen molar-refractivity contribution in [3.05, 3.63) is 23.4 Å². The topological polar surface area (TPSA) is 38.9 Å². The zero-order chi connectivity index (χ0) is 10.8. The number of hydrogen-bond acceptors (Lipinski definition) is 2. The van der Waals surface area contributed by atoms with E-state index in [-0.39, 0.29) is 0 Å². The summed E-state index contributed by atoms with van der Waals surface area (Å²) in [5.41, 5.74) is 8.39. The van der Waals surface area contributed by atoms with E-state index in [1.165, 1.54) is 36.8 Å². The Morgan fingerprint density at radius 3 is 3.00 bits per heavy atom. The fourth-order valence-corrected chi connectivity index (χ4v) is 3.12. The summed E-state index contributed by atoms with van der Waals surface area (Å²) in [6, 6.07) is 2.19. The summed E-state index contributed by atoms with van der Waals surface area (Å²) in [4.78, 5) is 4.89. The van der Waals surface area contributed by atoms with Crippen LogP contribution in [0.4, 0.5) is 5.82 Å². The van der Waals surface area contributed by atoms with Gasteiger partial charge in [-0.3, -0.25) is 0 Å². The Balaban J connectivity index is 2.24. The standard InChI is InChI=1S/C12H17BrN2/c1-8-5-11(12(14)15-7-8)9-3-2-4-10(13)6-9/h5,7,9-10H,2-4,6H2,1H3,(H2,14,15). The van der Waals surface area contributed by atoms with Gasteiger partial charge >= 0.3 is 0 Å². The summed E-state index contributed by atoms with van der Waals surface area (Å²) in [6.45, 7) is 2.07. The predicted molar refractivity (Wildman–Crippen MR) is 67.3 cm³/mol. The van der Waals surface area contributed by atoms with Gasteiger partial charge in [0.15, 0.2) is 0 Å². The van der Waals surface area contributed by atoms with Gasteiger partial charge in [0.1, 0.15) is 5.82 Å². The number of anilines is 1. The molecule has 0 saturated heterocycles. The quantitative estimate of drug-likeness (QED) is 0.793. The number of alkyl halides is 1. The molecule has 15 heavy (non-hydrogen) atoms. The molecule has 0 bridgehead atoms. The van der Waals surface area contributed by atoms with Gasteiger partial charge in [0.25, 0.3) is 0 Å². The molecule has 0 amide bonds. The molecule has 1 heterocycles. The number of nitrogens with two attached hydrogens (primary N) is 1. The molecule has 2 unspecified atom stereocenters. The van der Waals surface area contributed by atoms with Crippen LogP contribution >= 0.6 is 15.9 Å². The third-order valence-electron chi connectivity index (χ3n) is 3.14. The van der Waals surface area contributed by atoms with Crippen molar-refractivity contribution in [2.24, 2.45) is 0 Å². The molecule has 1 saturated carbocycles. The van der Waals surface area contributed by atoms with Crippen molar-refractivity contribution in [1.29, 1.82) is 0 Å². The lowest BCUT2D eigenvalue weighted by Crippen LogP contribution is -2.15. The van der Waals surface area contributed by atoms with E-state index >= 15 is 0 Å². The minimum absolute atomic E-state index is 0.593. The fourth-order valence-electron chi connectivity index (χ4n) is 2.34. The van der Waals surface area contributed by atoms with Crippen molar-refractivity contribution in [3.63, 3.8) is 0 Å². The molecule has 3 heteroatoms. The number of pyridine rings is 1. The Bertz CT molecular complexity index is 351. The van der Waals surface area contributed by atoms with Crippen molar-refractivity contribution >= 4 is 21.7 Å². The summed E-state index contributed by atoms with van der Waals surface area (Å²) in [6.07, 6.45) is 6.85. The lowest BCUT2D eigenvalue weighted by atomic mass is 9.84. The first kappa shape index (κ1) is 10.9. The van der Waals surface area contributed by atoms with Gasteiger partial charge in [-0.05, 0) is 43.2 Å². The van der Waals surface area contributed by atoms with Gasteiger partial charge < -0.3 is 5.73 Å². The molecule has 82 valence electrons. The van der Waals surface area contributed by atoms with Crippen LogP contribution in [0.3, 0.4) is 0 Å². The highest BCUT2D eigenvalue weighted by Crippen LogP contribution is 2.37. The molecular formula is C12H17BrN2. The van der Waals surface area contributed by atoms with Crippen LogP contribution in [-0.4, -0.2) is 9.81 Å². The van der Waals surface area contributed by atoms with Crippen molar-refractivity contribution in [2.45, 2.75) is 43.4 Å². The summed E-state index contributed by atoms with van der Waals surface area (Å²) in [5, 5.41) is 0. The van der Waals surface area contributed by atoms with Crippen LogP contribution in [0.15, 0.2) is 12.3 Å². The van der Waals surface area contributed by atoms with Crippen molar-refractivity contribution in [1.82, 2.24) is 4.98 Å². The Hall–Kier alpha value is -0.570. The zero-order valence-corrected chi connectivity index (χ0v) is 10.6. The van der Waals surface area contributed by atoms with Crippen molar-refractivity contribution in [3.8, 4) is 0 Å². The Morgan fingerprint density at radius 1 is 1.47 bits per heavy atom. The first-order valence-corrected chi connectivity index (χ1v) is 6.44. The summed E-state index contributed by atoms with van der Waals surface area (Å²) in [5.74, 6) is 1.31. The van der Waals surface area contributed by atoms with E-state index in [0.717, 1.165) is 0 Å². The summed E-state index contributed by atoms with van der Waals surface area (Å²) in [7, 11) is 0. The zero-order valence-electron chi connectivity index (χ0n) is 9.04. The third kappa shape index (κ3) is 2.51. The first-order chi connectivity index (χ1) is 7.16. The monoisotopic (exact) mass is 268 g/mol. The first-order valence-electron chi connectivity index (χ1n) is 5.53. The van der Waals surface area contributed by atoms with Gasteiger partial charge in [-0.2, -0.15) is 0 Å². The van der Waals surface area contributed by atoms with E-state index in [2.05, 4.69) is 33.9 Å². The largest absolute Gasteiger partial charge is 0.383 e. The number of rotatable bonds is 1. The van der Waals surface area contributed by atoms with Crippen LogP contribution in [0, 0.1) is 6.92 Å².